The third-order valence-corrected chi connectivity index (χ3v) is 2.29. The number of carbonyl (C=O) groups is 3. The van der Waals surface area contributed by atoms with Gasteiger partial charge in [-0.3, -0.25) is 4.90 Å². The molecule has 10 heteroatoms. The van der Waals surface area contributed by atoms with Crippen molar-refractivity contribution >= 4 is 17.9 Å². The first-order valence-electron chi connectivity index (χ1n) is 5.52. The second-order valence-corrected chi connectivity index (χ2v) is 3.82. The molecule has 0 spiro atoms. The Morgan fingerprint density at radius 3 is 1.90 bits per heavy atom. The number of carboxylic acid groups (broad SMARTS) is 3. The standard InChI is InChI=1S/C10H18N2O7.Fe/c13-2-1-7(3-11-4-8(14)15)12(5-9(16)17)6-10(18)19;/h7,11,13H,1-6H2,(H,14,15)(H,16,17)(H,18,19);/q;+3/p-3. The van der Waals surface area contributed by atoms with E-state index in [-0.39, 0.29) is 36.6 Å². The van der Waals surface area contributed by atoms with Gasteiger partial charge < -0.3 is 40.1 Å². The van der Waals surface area contributed by atoms with E-state index in [0.29, 0.717) is 0 Å². The van der Waals surface area contributed by atoms with Crippen LogP contribution < -0.4 is 20.6 Å². The van der Waals surface area contributed by atoms with Crippen LogP contribution in [0.4, 0.5) is 0 Å². The maximum absolute atomic E-state index is 10.5. The van der Waals surface area contributed by atoms with Crippen molar-refractivity contribution in [2.24, 2.45) is 0 Å². The molecule has 0 amide bonds. The molecule has 20 heavy (non-hydrogen) atoms. The topological polar surface area (TPSA) is 156 Å². The minimum Gasteiger partial charge on any atom is -0.549 e. The molecular formula is C10H15FeN2O7. The van der Waals surface area contributed by atoms with Crippen molar-refractivity contribution in [2.75, 3.05) is 32.8 Å². The molecule has 0 saturated heterocycles. The zero-order valence-electron chi connectivity index (χ0n) is 10.5. The number of hydrogen-bond donors (Lipinski definition) is 2. The second-order valence-electron chi connectivity index (χ2n) is 3.82. The van der Waals surface area contributed by atoms with Gasteiger partial charge in [0.05, 0.1) is 17.9 Å². The van der Waals surface area contributed by atoms with E-state index in [1.165, 1.54) is 0 Å². The van der Waals surface area contributed by atoms with Crippen LogP contribution in [0.1, 0.15) is 6.42 Å². The molecule has 1 atom stereocenters. The molecule has 9 nitrogen and oxygen atoms in total. The summed E-state index contributed by atoms with van der Waals surface area (Å²) in [5.74, 6) is -4.32. The summed E-state index contributed by atoms with van der Waals surface area (Å²) in [6, 6.07) is -0.680. The average molecular weight is 331 g/mol. The molecule has 0 aromatic heterocycles. The average Bonchev–Trinajstić information content (AvgIpc) is 2.25. The molecule has 0 bridgehead atoms. The van der Waals surface area contributed by atoms with E-state index in [0.717, 1.165) is 4.90 Å². The van der Waals surface area contributed by atoms with Crippen LogP contribution in [0.2, 0.25) is 0 Å². The van der Waals surface area contributed by atoms with Crippen molar-refractivity contribution in [2.45, 2.75) is 12.5 Å². The van der Waals surface area contributed by atoms with Gasteiger partial charge in [-0.1, -0.05) is 0 Å². The number of nitrogens with one attached hydrogen (secondary N) is 1. The van der Waals surface area contributed by atoms with Crippen LogP contribution in [0, 0.1) is 0 Å². The fourth-order valence-electron chi connectivity index (χ4n) is 1.55. The number of carbonyl (C=O) groups excluding carboxylic acids is 3. The van der Waals surface area contributed by atoms with Crippen LogP contribution in [-0.4, -0.2) is 66.7 Å². The van der Waals surface area contributed by atoms with Crippen LogP contribution in [0.3, 0.4) is 0 Å². The Kier molecular flexibility index (Phi) is 12.3. The molecule has 0 aliphatic heterocycles. The first-order chi connectivity index (χ1) is 8.86. The van der Waals surface area contributed by atoms with Crippen molar-refractivity contribution in [3.8, 4) is 0 Å². The zero-order chi connectivity index (χ0) is 14.8. The Bertz CT molecular complexity index is 311. The first-order valence-corrected chi connectivity index (χ1v) is 5.52. The van der Waals surface area contributed by atoms with Crippen molar-refractivity contribution in [3.05, 3.63) is 0 Å². The monoisotopic (exact) mass is 331 g/mol. The summed E-state index contributed by atoms with van der Waals surface area (Å²) in [4.78, 5) is 32.3. The summed E-state index contributed by atoms with van der Waals surface area (Å²) in [6.07, 6.45) is 0.0700. The predicted octanol–water partition coefficient (Wildman–Crippen LogP) is -6.12. The summed E-state index contributed by atoms with van der Waals surface area (Å²) in [6.45, 7) is -2.12. The number of carboxylic acids is 3. The first kappa shape index (κ1) is 21.1. The van der Waals surface area contributed by atoms with Gasteiger partial charge in [0, 0.05) is 38.8 Å². The number of aliphatic hydroxyl groups is 1. The fourth-order valence-corrected chi connectivity index (χ4v) is 1.55. The van der Waals surface area contributed by atoms with E-state index < -0.39 is 43.6 Å². The molecule has 115 valence electrons. The maximum atomic E-state index is 10.5. The van der Waals surface area contributed by atoms with Crippen molar-refractivity contribution in [1.82, 2.24) is 10.2 Å². The molecule has 0 rings (SSSR count). The van der Waals surface area contributed by atoms with Crippen LogP contribution in [-0.2, 0) is 31.5 Å². The minimum absolute atomic E-state index is 0. The minimum atomic E-state index is -1.48. The second kappa shape index (κ2) is 11.6. The summed E-state index contributed by atoms with van der Waals surface area (Å²) in [5.41, 5.74) is 0. The van der Waals surface area contributed by atoms with Gasteiger partial charge in [0.15, 0.2) is 0 Å². The molecule has 0 aliphatic rings. The smallest absolute Gasteiger partial charge is 0.549 e. The van der Waals surface area contributed by atoms with Crippen LogP contribution in [0.5, 0.6) is 0 Å². The van der Waals surface area contributed by atoms with Gasteiger partial charge in [0.1, 0.15) is 0 Å². The van der Waals surface area contributed by atoms with Crippen molar-refractivity contribution in [3.63, 3.8) is 0 Å². The summed E-state index contributed by atoms with van der Waals surface area (Å²) >= 11 is 0. The van der Waals surface area contributed by atoms with Gasteiger partial charge >= 0.3 is 17.1 Å². The maximum Gasteiger partial charge on any atom is 3.00 e. The molecule has 1 unspecified atom stereocenters. The third kappa shape index (κ3) is 10.7. The Morgan fingerprint density at radius 2 is 1.55 bits per heavy atom. The van der Waals surface area contributed by atoms with E-state index in [9.17, 15) is 29.7 Å². The van der Waals surface area contributed by atoms with Gasteiger partial charge in [-0.15, -0.1) is 0 Å². The fraction of sp³-hybridized carbons (Fsp3) is 0.700. The number of aliphatic carboxylic acids is 3. The van der Waals surface area contributed by atoms with Crippen molar-refractivity contribution < 1.29 is 51.9 Å². The van der Waals surface area contributed by atoms with Gasteiger partial charge in [0.25, 0.3) is 0 Å². The van der Waals surface area contributed by atoms with Gasteiger partial charge in [0.2, 0.25) is 0 Å². The Labute approximate surface area is 126 Å². The number of hydrogen-bond acceptors (Lipinski definition) is 9. The largest absolute Gasteiger partial charge is 3.00 e. The van der Waals surface area contributed by atoms with Gasteiger partial charge in [-0.25, -0.2) is 0 Å². The van der Waals surface area contributed by atoms with E-state index in [1.807, 2.05) is 0 Å². The number of nitrogens with zero attached hydrogens (tertiary/aromatic N) is 1. The predicted molar refractivity (Wildman–Crippen MR) is 55.0 cm³/mol. The molecule has 0 aromatic rings. The van der Waals surface area contributed by atoms with E-state index >= 15 is 0 Å². The summed E-state index contributed by atoms with van der Waals surface area (Å²) < 4.78 is 0. The van der Waals surface area contributed by atoms with E-state index in [1.54, 1.807) is 0 Å². The zero-order valence-corrected chi connectivity index (χ0v) is 11.6. The van der Waals surface area contributed by atoms with Crippen LogP contribution >= 0.6 is 0 Å². The SMILES string of the molecule is O=C([O-])CNCC(CCO)N(CC(=O)[O-])CC(=O)[O-].[Fe+3]. The normalized spacial score (nSPS) is 11.7. The van der Waals surface area contributed by atoms with E-state index in [2.05, 4.69) is 5.32 Å². The molecule has 2 N–H and O–H groups in total. The molecule has 0 aromatic carbocycles. The Morgan fingerprint density at radius 1 is 1.05 bits per heavy atom. The van der Waals surface area contributed by atoms with Crippen molar-refractivity contribution in [1.29, 1.82) is 0 Å². The molecule has 0 aliphatic carbocycles. The summed E-state index contributed by atoms with van der Waals surface area (Å²) in [5, 5.41) is 42.6. The summed E-state index contributed by atoms with van der Waals surface area (Å²) in [7, 11) is 0. The quantitative estimate of drug-likeness (QED) is 0.352. The van der Waals surface area contributed by atoms with Crippen LogP contribution in [0.25, 0.3) is 0 Å². The number of aliphatic hydroxyl groups excluding tert-OH is 1. The molecule has 1 radical (unpaired) electrons. The van der Waals surface area contributed by atoms with Crippen LogP contribution in [0.15, 0.2) is 0 Å². The van der Waals surface area contributed by atoms with Gasteiger partial charge in [-0.05, 0) is 6.42 Å². The molecule has 0 saturated carbocycles. The Balaban J connectivity index is 0. The molecule has 0 fully saturated rings. The Hall–Kier alpha value is -1.19. The molecular weight excluding hydrogens is 316 g/mol. The number of rotatable bonds is 11. The van der Waals surface area contributed by atoms with Gasteiger partial charge in [-0.2, -0.15) is 0 Å². The van der Waals surface area contributed by atoms with E-state index in [4.69, 9.17) is 5.11 Å². The third-order valence-electron chi connectivity index (χ3n) is 2.29. The molecule has 0 heterocycles.